The Morgan fingerprint density at radius 2 is 1.72 bits per heavy atom. The average Bonchev–Trinajstić information content (AvgIpc) is 2.84. The van der Waals surface area contributed by atoms with Crippen LogP contribution in [0.4, 0.5) is 5.69 Å². The van der Waals surface area contributed by atoms with E-state index >= 15 is 0 Å². The summed E-state index contributed by atoms with van der Waals surface area (Å²) in [5.74, 6) is -0.564. The van der Waals surface area contributed by atoms with Crippen molar-refractivity contribution in [2.45, 2.75) is 53.0 Å². The molecule has 0 bridgehead atoms. The molecule has 1 aromatic heterocycles. The van der Waals surface area contributed by atoms with Gasteiger partial charge in [-0.2, -0.15) is 5.10 Å². The molecule has 1 atom stereocenters. The van der Waals surface area contributed by atoms with Crippen molar-refractivity contribution in [1.29, 1.82) is 0 Å². The highest BCUT2D eigenvalue weighted by Gasteiger charge is 2.21. The number of carbonyl (C=O) groups is 2. The summed E-state index contributed by atoms with van der Waals surface area (Å²) < 4.78 is 0. The van der Waals surface area contributed by atoms with Crippen molar-refractivity contribution >= 4 is 17.5 Å². The van der Waals surface area contributed by atoms with Crippen LogP contribution in [-0.2, 0) is 4.79 Å². The number of hydrogen-bond acceptors (Lipinski definition) is 3. The average molecular weight is 342 g/mol. The van der Waals surface area contributed by atoms with E-state index in [-0.39, 0.29) is 23.3 Å². The second kappa shape index (κ2) is 7.09. The molecule has 0 aliphatic heterocycles. The molecule has 0 fully saturated rings. The van der Waals surface area contributed by atoms with Gasteiger partial charge in [0.1, 0.15) is 0 Å². The Balaban J connectivity index is 2.06. The molecule has 1 heterocycles. The molecule has 0 saturated carbocycles. The Morgan fingerprint density at radius 1 is 1.12 bits per heavy atom. The van der Waals surface area contributed by atoms with Crippen LogP contribution in [0, 0.1) is 13.8 Å². The third-order valence-electron chi connectivity index (χ3n) is 3.91. The second-order valence-electron chi connectivity index (χ2n) is 7.34. The van der Waals surface area contributed by atoms with Gasteiger partial charge < -0.3 is 10.6 Å². The molecule has 2 aromatic rings. The third kappa shape index (κ3) is 4.68. The largest absolute Gasteiger partial charge is 0.347 e. The van der Waals surface area contributed by atoms with Gasteiger partial charge in [-0.1, -0.05) is 0 Å². The van der Waals surface area contributed by atoms with Gasteiger partial charge >= 0.3 is 0 Å². The number of nitrogens with one attached hydrogen (secondary N) is 3. The van der Waals surface area contributed by atoms with E-state index < -0.39 is 0 Å². The standard InChI is InChI=1S/C19H26N4O2/c1-11(16-12(2)22-23-13(16)3)17(24)20-15-9-7-14(8-10-15)18(25)21-19(4,5)6/h7-11H,1-6H3,(H,20,24)(H,21,25)(H,22,23)/t11-/m1/s1. The summed E-state index contributed by atoms with van der Waals surface area (Å²) >= 11 is 0. The number of rotatable bonds is 4. The van der Waals surface area contributed by atoms with Crippen molar-refractivity contribution in [3.63, 3.8) is 0 Å². The highest BCUT2D eigenvalue weighted by molar-refractivity contribution is 5.97. The summed E-state index contributed by atoms with van der Waals surface area (Å²) in [6.45, 7) is 11.4. The Hall–Kier alpha value is -2.63. The molecule has 2 rings (SSSR count). The maximum Gasteiger partial charge on any atom is 0.251 e. The van der Waals surface area contributed by atoms with Crippen molar-refractivity contribution < 1.29 is 9.59 Å². The number of aryl methyl sites for hydroxylation is 2. The molecule has 3 N–H and O–H groups in total. The van der Waals surface area contributed by atoms with Crippen LogP contribution in [0.3, 0.4) is 0 Å². The summed E-state index contributed by atoms with van der Waals surface area (Å²) in [7, 11) is 0. The first-order chi connectivity index (χ1) is 11.6. The molecule has 0 spiro atoms. The van der Waals surface area contributed by atoms with E-state index in [0.29, 0.717) is 11.3 Å². The highest BCUT2D eigenvalue weighted by Crippen LogP contribution is 2.23. The normalized spacial score (nSPS) is 12.6. The third-order valence-corrected chi connectivity index (χ3v) is 3.91. The number of carbonyl (C=O) groups excluding carboxylic acids is 2. The molecule has 0 aliphatic rings. The summed E-state index contributed by atoms with van der Waals surface area (Å²) in [4.78, 5) is 24.6. The number of aromatic amines is 1. The molecule has 0 aliphatic carbocycles. The number of aromatic nitrogens is 2. The molecule has 134 valence electrons. The molecular formula is C19H26N4O2. The van der Waals surface area contributed by atoms with E-state index in [1.807, 2.05) is 41.5 Å². The summed E-state index contributed by atoms with van der Waals surface area (Å²) in [6.07, 6.45) is 0. The van der Waals surface area contributed by atoms with Crippen molar-refractivity contribution in [3.05, 3.63) is 46.8 Å². The smallest absolute Gasteiger partial charge is 0.251 e. The molecule has 25 heavy (non-hydrogen) atoms. The van der Waals surface area contributed by atoms with E-state index in [1.165, 1.54) is 0 Å². The van der Waals surface area contributed by atoms with Crippen LogP contribution in [0.25, 0.3) is 0 Å². The van der Waals surface area contributed by atoms with Crippen molar-refractivity contribution in [1.82, 2.24) is 15.5 Å². The molecular weight excluding hydrogens is 316 g/mol. The quantitative estimate of drug-likeness (QED) is 0.797. The molecule has 2 amide bonds. The minimum atomic E-state index is -0.317. The lowest BCUT2D eigenvalue weighted by Crippen LogP contribution is -2.40. The van der Waals surface area contributed by atoms with Crippen LogP contribution < -0.4 is 10.6 Å². The summed E-state index contributed by atoms with van der Waals surface area (Å²) in [5.41, 5.74) is 3.56. The second-order valence-corrected chi connectivity index (χ2v) is 7.34. The number of hydrogen-bond donors (Lipinski definition) is 3. The summed E-state index contributed by atoms with van der Waals surface area (Å²) in [5, 5.41) is 12.8. The maximum absolute atomic E-state index is 12.5. The molecule has 0 saturated heterocycles. The van der Waals surface area contributed by atoms with Gasteiger partial charge in [0.05, 0.1) is 11.6 Å². The molecule has 0 radical (unpaired) electrons. The maximum atomic E-state index is 12.5. The predicted molar refractivity (Wildman–Crippen MR) is 98.8 cm³/mol. The van der Waals surface area contributed by atoms with Crippen molar-refractivity contribution in [2.24, 2.45) is 0 Å². The van der Waals surface area contributed by atoms with Gasteiger partial charge in [-0.25, -0.2) is 0 Å². The van der Waals surface area contributed by atoms with Crippen LogP contribution in [0.5, 0.6) is 0 Å². The lowest BCUT2D eigenvalue weighted by atomic mass is 9.98. The Kier molecular flexibility index (Phi) is 5.30. The Morgan fingerprint density at radius 3 is 2.20 bits per heavy atom. The number of amides is 2. The first-order valence-electron chi connectivity index (χ1n) is 8.33. The van der Waals surface area contributed by atoms with Gasteiger partial charge in [0.15, 0.2) is 0 Å². The van der Waals surface area contributed by atoms with Crippen LogP contribution in [0.15, 0.2) is 24.3 Å². The number of nitrogens with zero attached hydrogens (tertiary/aromatic N) is 1. The van der Waals surface area contributed by atoms with Gasteiger partial charge in [-0.05, 0) is 65.8 Å². The zero-order valence-corrected chi connectivity index (χ0v) is 15.7. The molecule has 6 heteroatoms. The van der Waals surface area contributed by atoms with Crippen molar-refractivity contribution in [2.75, 3.05) is 5.32 Å². The monoisotopic (exact) mass is 342 g/mol. The van der Waals surface area contributed by atoms with E-state index in [4.69, 9.17) is 0 Å². The minimum Gasteiger partial charge on any atom is -0.347 e. The number of benzene rings is 1. The SMILES string of the molecule is Cc1n[nH]c(C)c1[C@@H](C)C(=O)Nc1ccc(C(=O)NC(C)(C)C)cc1. The van der Waals surface area contributed by atoms with E-state index in [9.17, 15) is 9.59 Å². The van der Waals surface area contributed by atoms with Gasteiger partial charge in [0, 0.05) is 28.0 Å². The minimum absolute atomic E-state index is 0.112. The lowest BCUT2D eigenvalue weighted by Gasteiger charge is -2.20. The Labute approximate surface area is 148 Å². The van der Waals surface area contributed by atoms with Crippen LogP contribution in [-0.4, -0.2) is 27.6 Å². The fraction of sp³-hybridized carbons (Fsp3) is 0.421. The zero-order chi connectivity index (χ0) is 18.8. The van der Waals surface area contributed by atoms with E-state index in [2.05, 4.69) is 20.8 Å². The number of H-pyrrole nitrogens is 1. The molecule has 1 aromatic carbocycles. The topological polar surface area (TPSA) is 86.9 Å². The van der Waals surface area contributed by atoms with E-state index in [0.717, 1.165) is 17.0 Å². The van der Waals surface area contributed by atoms with Gasteiger partial charge in [-0.3, -0.25) is 14.7 Å². The van der Waals surface area contributed by atoms with Gasteiger partial charge in [-0.15, -0.1) is 0 Å². The molecule has 6 nitrogen and oxygen atoms in total. The first-order valence-corrected chi connectivity index (χ1v) is 8.33. The predicted octanol–water partition coefficient (Wildman–Crippen LogP) is 3.30. The van der Waals surface area contributed by atoms with Gasteiger partial charge in [0.2, 0.25) is 5.91 Å². The van der Waals surface area contributed by atoms with Crippen LogP contribution in [0.2, 0.25) is 0 Å². The van der Waals surface area contributed by atoms with Crippen LogP contribution in [0.1, 0.15) is 60.9 Å². The number of anilines is 1. The molecule has 0 unspecified atom stereocenters. The fourth-order valence-electron chi connectivity index (χ4n) is 2.70. The van der Waals surface area contributed by atoms with Crippen LogP contribution >= 0.6 is 0 Å². The zero-order valence-electron chi connectivity index (χ0n) is 15.7. The fourth-order valence-corrected chi connectivity index (χ4v) is 2.70. The highest BCUT2D eigenvalue weighted by atomic mass is 16.2. The summed E-state index contributed by atoms with van der Waals surface area (Å²) in [6, 6.07) is 6.87. The first kappa shape index (κ1) is 18.7. The lowest BCUT2D eigenvalue weighted by molar-refractivity contribution is -0.117. The Bertz CT molecular complexity index is 750. The van der Waals surface area contributed by atoms with Crippen molar-refractivity contribution in [3.8, 4) is 0 Å². The van der Waals surface area contributed by atoms with E-state index in [1.54, 1.807) is 24.3 Å². The van der Waals surface area contributed by atoms with Gasteiger partial charge in [0.25, 0.3) is 5.91 Å².